The molecule has 8 heteroatoms. The van der Waals surface area contributed by atoms with Gasteiger partial charge < -0.3 is 10.1 Å². The number of anilines is 1. The van der Waals surface area contributed by atoms with Gasteiger partial charge in [-0.1, -0.05) is 47.6 Å². The normalized spacial score (nSPS) is 11.1. The quantitative estimate of drug-likeness (QED) is 0.254. The van der Waals surface area contributed by atoms with Gasteiger partial charge in [0.2, 0.25) is 5.91 Å². The van der Waals surface area contributed by atoms with E-state index in [-0.39, 0.29) is 17.2 Å². The Labute approximate surface area is 188 Å². The molecule has 0 bridgehead atoms. The number of halogens is 1. The van der Waals surface area contributed by atoms with Gasteiger partial charge in [0, 0.05) is 12.2 Å². The topological polar surface area (TPSA) is 73.2 Å². The third kappa shape index (κ3) is 4.38. The maximum absolute atomic E-state index is 13.0. The summed E-state index contributed by atoms with van der Waals surface area (Å²) in [6.45, 7) is 2.35. The number of hydrogen-bond acceptors (Lipinski definition) is 5. The molecule has 0 aliphatic rings. The lowest BCUT2D eigenvalue weighted by molar-refractivity contribution is -0.113. The Morgan fingerprint density at radius 2 is 1.90 bits per heavy atom. The molecule has 0 aliphatic heterocycles. The highest BCUT2D eigenvalue weighted by Gasteiger charge is 2.14. The molecular formula is C23H20ClN3O3S. The number of thioether (sulfide) groups is 1. The fraction of sp³-hybridized carbons (Fsp3) is 0.174. The van der Waals surface area contributed by atoms with E-state index in [1.54, 1.807) is 22.8 Å². The zero-order chi connectivity index (χ0) is 22.0. The molecule has 4 aromatic rings. The summed E-state index contributed by atoms with van der Waals surface area (Å²) in [6.07, 6.45) is 0. The van der Waals surface area contributed by atoms with Crippen molar-refractivity contribution in [3.8, 4) is 5.75 Å². The van der Waals surface area contributed by atoms with E-state index in [0.717, 1.165) is 10.8 Å². The van der Waals surface area contributed by atoms with Crippen molar-refractivity contribution in [1.82, 2.24) is 9.55 Å². The van der Waals surface area contributed by atoms with Gasteiger partial charge in [-0.05, 0) is 48.0 Å². The van der Waals surface area contributed by atoms with E-state index in [1.165, 1.54) is 18.9 Å². The highest BCUT2D eigenvalue weighted by molar-refractivity contribution is 7.99. The predicted molar refractivity (Wildman–Crippen MR) is 127 cm³/mol. The van der Waals surface area contributed by atoms with E-state index in [0.29, 0.717) is 39.1 Å². The fourth-order valence-electron chi connectivity index (χ4n) is 3.35. The number of nitrogens with one attached hydrogen (secondary N) is 1. The molecule has 3 aromatic carbocycles. The summed E-state index contributed by atoms with van der Waals surface area (Å²) in [5.41, 5.74) is 1.09. The standard InChI is InChI=1S/C23H20ClN3O3S/c1-3-27-22(29)17-10-14-6-4-5-7-15(14)11-19(17)26-23(27)31-13-21(28)25-16-8-9-20(30-2)18(24)12-16/h4-12H,3,13H2,1-2H3,(H,25,28). The number of carbonyl (C=O) groups excluding carboxylic acids is 1. The van der Waals surface area contributed by atoms with Gasteiger partial charge in [-0.25, -0.2) is 4.98 Å². The van der Waals surface area contributed by atoms with Crippen LogP contribution in [-0.4, -0.2) is 28.3 Å². The first-order valence-electron chi connectivity index (χ1n) is 9.69. The Bertz CT molecular complexity index is 1350. The average Bonchev–Trinajstić information content (AvgIpc) is 2.77. The number of rotatable bonds is 6. The van der Waals surface area contributed by atoms with Crippen LogP contribution in [0.2, 0.25) is 5.02 Å². The Hall–Kier alpha value is -3.03. The van der Waals surface area contributed by atoms with Gasteiger partial charge in [0.05, 0.1) is 28.8 Å². The van der Waals surface area contributed by atoms with Gasteiger partial charge in [-0.15, -0.1) is 0 Å². The lowest BCUT2D eigenvalue weighted by Crippen LogP contribution is -2.23. The summed E-state index contributed by atoms with van der Waals surface area (Å²) >= 11 is 7.34. The Balaban J connectivity index is 1.58. The first-order valence-corrected chi connectivity index (χ1v) is 11.1. The van der Waals surface area contributed by atoms with Crippen LogP contribution in [0.25, 0.3) is 21.7 Å². The van der Waals surface area contributed by atoms with E-state index in [4.69, 9.17) is 16.3 Å². The number of fused-ring (bicyclic) bond motifs is 2. The first kappa shape index (κ1) is 21.2. The SMILES string of the molecule is CCn1c(SCC(=O)Nc2ccc(OC)c(Cl)c2)nc2cc3ccccc3cc2c1=O. The van der Waals surface area contributed by atoms with E-state index >= 15 is 0 Å². The summed E-state index contributed by atoms with van der Waals surface area (Å²) in [7, 11) is 1.53. The van der Waals surface area contributed by atoms with Gasteiger partial charge in [0.1, 0.15) is 5.75 Å². The largest absolute Gasteiger partial charge is 0.495 e. The van der Waals surface area contributed by atoms with Crippen molar-refractivity contribution in [2.75, 3.05) is 18.2 Å². The number of hydrogen-bond donors (Lipinski definition) is 1. The van der Waals surface area contributed by atoms with Crippen LogP contribution in [0, 0.1) is 0 Å². The molecule has 0 fully saturated rings. The fourth-order valence-corrected chi connectivity index (χ4v) is 4.47. The molecule has 1 aromatic heterocycles. The summed E-state index contributed by atoms with van der Waals surface area (Å²) in [6, 6.07) is 16.7. The summed E-state index contributed by atoms with van der Waals surface area (Å²) in [5, 5.41) is 6.31. The van der Waals surface area contributed by atoms with E-state index in [1.807, 2.05) is 43.3 Å². The molecular weight excluding hydrogens is 434 g/mol. The average molecular weight is 454 g/mol. The maximum Gasteiger partial charge on any atom is 0.262 e. The molecule has 0 unspecified atom stereocenters. The van der Waals surface area contributed by atoms with Gasteiger partial charge >= 0.3 is 0 Å². The van der Waals surface area contributed by atoms with E-state index in [9.17, 15) is 9.59 Å². The van der Waals surface area contributed by atoms with Crippen molar-refractivity contribution in [2.24, 2.45) is 0 Å². The molecule has 6 nitrogen and oxygen atoms in total. The maximum atomic E-state index is 13.0. The minimum Gasteiger partial charge on any atom is -0.495 e. The van der Waals surface area contributed by atoms with Gasteiger partial charge in [0.15, 0.2) is 5.16 Å². The molecule has 0 saturated carbocycles. The number of carbonyl (C=O) groups is 1. The molecule has 0 atom stereocenters. The highest BCUT2D eigenvalue weighted by Crippen LogP contribution is 2.27. The van der Waals surface area contributed by atoms with Crippen LogP contribution >= 0.6 is 23.4 Å². The van der Waals surface area contributed by atoms with Crippen molar-refractivity contribution in [2.45, 2.75) is 18.6 Å². The molecule has 1 heterocycles. The summed E-state index contributed by atoms with van der Waals surface area (Å²) in [5.74, 6) is 0.422. The predicted octanol–water partition coefficient (Wildman–Crippen LogP) is 4.96. The second-order valence-electron chi connectivity index (χ2n) is 6.85. The second kappa shape index (κ2) is 8.99. The molecule has 0 spiro atoms. The minimum atomic E-state index is -0.221. The zero-order valence-corrected chi connectivity index (χ0v) is 18.6. The highest BCUT2D eigenvalue weighted by atomic mass is 35.5. The van der Waals surface area contributed by atoms with Crippen molar-refractivity contribution in [3.63, 3.8) is 0 Å². The molecule has 4 rings (SSSR count). The van der Waals surface area contributed by atoms with E-state index in [2.05, 4.69) is 10.3 Å². The van der Waals surface area contributed by atoms with E-state index < -0.39 is 0 Å². The van der Waals surface area contributed by atoms with Crippen LogP contribution in [0.5, 0.6) is 5.75 Å². The zero-order valence-electron chi connectivity index (χ0n) is 17.0. The molecule has 0 aliphatic carbocycles. The molecule has 0 saturated heterocycles. The third-order valence-corrected chi connectivity index (χ3v) is 6.14. The summed E-state index contributed by atoms with van der Waals surface area (Å²) < 4.78 is 6.72. The number of benzene rings is 3. The van der Waals surface area contributed by atoms with Crippen LogP contribution in [0.1, 0.15) is 6.92 Å². The van der Waals surface area contributed by atoms with Crippen LogP contribution in [0.15, 0.2) is 64.5 Å². The number of ether oxygens (including phenoxy) is 1. The van der Waals surface area contributed by atoms with Gasteiger partial charge in [0.25, 0.3) is 5.56 Å². The number of aromatic nitrogens is 2. The van der Waals surface area contributed by atoms with Gasteiger partial charge in [-0.2, -0.15) is 0 Å². The number of nitrogens with zero attached hydrogens (tertiary/aromatic N) is 2. The lowest BCUT2D eigenvalue weighted by atomic mass is 10.1. The molecule has 31 heavy (non-hydrogen) atoms. The molecule has 0 radical (unpaired) electrons. The van der Waals surface area contributed by atoms with Crippen LogP contribution in [0.4, 0.5) is 5.69 Å². The van der Waals surface area contributed by atoms with Crippen molar-refractivity contribution in [1.29, 1.82) is 0 Å². The third-order valence-electron chi connectivity index (χ3n) is 4.87. The minimum absolute atomic E-state index is 0.106. The monoisotopic (exact) mass is 453 g/mol. The van der Waals surface area contributed by atoms with Crippen LogP contribution < -0.4 is 15.6 Å². The Morgan fingerprint density at radius 1 is 1.16 bits per heavy atom. The van der Waals surface area contributed by atoms with Crippen molar-refractivity contribution < 1.29 is 9.53 Å². The number of amides is 1. The molecule has 1 amide bonds. The van der Waals surface area contributed by atoms with Crippen molar-refractivity contribution in [3.05, 3.63) is 70.0 Å². The lowest BCUT2D eigenvalue weighted by Gasteiger charge is -2.12. The van der Waals surface area contributed by atoms with Crippen LogP contribution in [0.3, 0.4) is 0 Å². The Kier molecular flexibility index (Phi) is 6.15. The second-order valence-corrected chi connectivity index (χ2v) is 8.20. The summed E-state index contributed by atoms with van der Waals surface area (Å²) in [4.78, 5) is 30.2. The molecule has 1 N–H and O–H groups in total. The van der Waals surface area contributed by atoms with Gasteiger partial charge in [-0.3, -0.25) is 14.2 Å². The first-order chi connectivity index (χ1) is 15.0. The smallest absolute Gasteiger partial charge is 0.262 e. The van der Waals surface area contributed by atoms with Crippen LogP contribution in [-0.2, 0) is 11.3 Å². The molecule has 158 valence electrons. The number of methoxy groups -OCH3 is 1. The Morgan fingerprint density at radius 3 is 2.58 bits per heavy atom. The van der Waals surface area contributed by atoms with Crippen molar-refractivity contribution >= 4 is 56.6 Å².